The number of amides is 1. The molecule has 4 aromatic rings. The standard InChI is InChI=1S/C27H27N5O2S/c1-31(24-9-5-7-19-6-3-4-8-23(19)24)25(33)18-35-27-30-29-26(20-14-16-28-17-15-20)32(27)21-10-12-22(34-2)13-11-21/h3-4,6,8,10-17,24H,5,7,9,18H2,1-2H3. The third-order valence-electron chi connectivity index (χ3n) is 6.43. The van der Waals surface area contributed by atoms with E-state index in [2.05, 4.69) is 39.4 Å². The molecule has 0 aliphatic heterocycles. The van der Waals surface area contributed by atoms with Gasteiger partial charge in [-0.05, 0) is 66.8 Å². The molecule has 0 bridgehead atoms. The van der Waals surface area contributed by atoms with Crippen molar-refractivity contribution < 1.29 is 9.53 Å². The number of fused-ring (bicyclic) bond motifs is 1. The molecule has 5 rings (SSSR count). The number of hydrogen-bond acceptors (Lipinski definition) is 6. The Morgan fingerprint density at radius 1 is 1.09 bits per heavy atom. The molecule has 1 aliphatic rings. The predicted octanol–water partition coefficient (Wildman–Crippen LogP) is 4.97. The fourth-order valence-electron chi connectivity index (χ4n) is 4.55. The van der Waals surface area contributed by atoms with E-state index in [4.69, 9.17) is 4.74 Å². The molecule has 2 aromatic carbocycles. The van der Waals surface area contributed by atoms with Gasteiger partial charge in [0.15, 0.2) is 11.0 Å². The molecule has 0 radical (unpaired) electrons. The zero-order valence-electron chi connectivity index (χ0n) is 19.8. The average Bonchev–Trinajstić information content (AvgIpc) is 3.35. The van der Waals surface area contributed by atoms with Crippen molar-refractivity contribution >= 4 is 17.7 Å². The number of carbonyl (C=O) groups excluding carboxylic acids is 1. The number of pyridine rings is 1. The van der Waals surface area contributed by atoms with Crippen molar-refractivity contribution in [3.63, 3.8) is 0 Å². The minimum absolute atomic E-state index is 0.0754. The van der Waals surface area contributed by atoms with E-state index >= 15 is 0 Å². The lowest BCUT2D eigenvalue weighted by Crippen LogP contribution is -2.34. The molecule has 0 N–H and O–H groups in total. The van der Waals surface area contributed by atoms with Crippen LogP contribution in [0.1, 0.15) is 30.0 Å². The van der Waals surface area contributed by atoms with Crippen molar-refractivity contribution in [2.75, 3.05) is 19.9 Å². The predicted molar refractivity (Wildman–Crippen MR) is 137 cm³/mol. The lowest BCUT2D eigenvalue weighted by atomic mass is 9.87. The lowest BCUT2D eigenvalue weighted by molar-refractivity contribution is -0.129. The summed E-state index contributed by atoms with van der Waals surface area (Å²) in [6, 6.07) is 20.1. The highest BCUT2D eigenvalue weighted by Crippen LogP contribution is 2.34. The number of aromatic nitrogens is 4. The van der Waals surface area contributed by atoms with Gasteiger partial charge < -0.3 is 9.64 Å². The molecule has 1 unspecified atom stereocenters. The van der Waals surface area contributed by atoms with Crippen LogP contribution in [-0.2, 0) is 11.2 Å². The van der Waals surface area contributed by atoms with Crippen molar-refractivity contribution in [3.05, 3.63) is 84.2 Å². The van der Waals surface area contributed by atoms with Gasteiger partial charge in [-0.15, -0.1) is 10.2 Å². The lowest BCUT2D eigenvalue weighted by Gasteiger charge is -2.33. The molecule has 35 heavy (non-hydrogen) atoms. The Balaban J connectivity index is 1.39. The zero-order chi connectivity index (χ0) is 24.2. The van der Waals surface area contributed by atoms with Crippen LogP contribution in [0.25, 0.3) is 17.1 Å². The van der Waals surface area contributed by atoms with Gasteiger partial charge >= 0.3 is 0 Å². The Bertz CT molecular complexity index is 1310. The number of aryl methyl sites for hydroxylation is 1. The number of carbonyl (C=O) groups is 1. The van der Waals surface area contributed by atoms with Crippen molar-refractivity contribution in [3.8, 4) is 22.8 Å². The summed E-state index contributed by atoms with van der Waals surface area (Å²) in [5.41, 5.74) is 4.41. The fraction of sp³-hybridized carbons (Fsp3) is 0.259. The monoisotopic (exact) mass is 485 g/mol. The molecule has 2 heterocycles. The second-order valence-electron chi connectivity index (χ2n) is 8.48. The van der Waals surface area contributed by atoms with Crippen LogP contribution in [0.4, 0.5) is 0 Å². The van der Waals surface area contributed by atoms with E-state index in [-0.39, 0.29) is 17.7 Å². The summed E-state index contributed by atoms with van der Waals surface area (Å²) in [7, 11) is 3.55. The Hall–Kier alpha value is -3.65. The zero-order valence-corrected chi connectivity index (χ0v) is 20.6. The highest BCUT2D eigenvalue weighted by atomic mass is 32.2. The number of nitrogens with zero attached hydrogens (tertiary/aromatic N) is 5. The van der Waals surface area contributed by atoms with Crippen LogP contribution in [0, 0.1) is 0 Å². The maximum absolute atomic E-state index is 13.3. The van der Waals surface area contributed by atoms with Crippen LogP contribution in [0.2, 0.25) is 0 Å². The molecule has 7 nitrogen and oxygen atoms in total. The van der Waals surface area contributed by atoms with Gasteiger partial charge in [0.1, 0.15) is 5.75 Å². The Kier molecular flexibility index (Phi) is 6.81. The van der Waals surface area contributed by atoms with Gasteiger partial charge in [-0.3, -0.25) is 14.3 Å². The maximum Gasteiger partial charge on any atom is 0.233 e. The summed E-state index contributed by atoms with van der Waals surface area (Å²) in [6.07, 6.45) is 6.61. The van der Waals surface area contributed by atoms with Gasteiger partial charge in [0, 0.05) is 30.7 Å². The van der Waals surface area contributed by atoms with Gasteiger partial charge in [-0.25, -0.2) is 0 Å². The van der Waals surface area contributed by atoms with Gasteiger partial charge in [-0.1, -0.05) is 36.0 Å². The number of hydrogen-bond donors (Lipinski definition) is 0. The summed E-state index contributed by atoms with van der Waals surface area (Å²) >= 11 is 1.40. The summed E-state index contributed by atoms with van der Waals surface area (Å²) in [5.74, 6) is 1.82. The summed E-state index contributed by atoms with van der Waals surface area (Å²) in [6.45, 7) is 0. The van der Waals surface area contributed by atoms with Crippen LogP contribution >= 0.6 is 11.8 Å². The number of rotatable bonds is 7. The van der Waals surface area contributed by atoms with Crippen LogP contribution in [0.5, 0.6) is 5.75 Å². The second kappa shape index (κ2) is 10.3. The normalized spacial score (nSPS) is 14.9. The van der Waals surface area contributed by atoms with Gasteiger partial charge in [-0.2, -0.15) is 0 Å². The fourth-order valence-corrected chi connectivity index (χ4v) is 5.42. The molecule has 0 saturated heterocycles. The number of ether oxygens (including phenoxy) is 1. The molecular formula is C27H27N5O2S. The first-order chi connectivity index (χ1) is 17.2. The van der Waals surface area contributed by atoms with Gasteiger partial charge in [0.05, 0.1) is 18.9 Å². The molecule has 1 aliphatic carbocycles. The van der Waals surface area contributed by atoms with E-state index in [1.165, 1.54) is 22.9 Å². The third kappa shape index (κ3) is 4.79. The molecule has 0 fully saturated rings. The summed E-state index contributed by atoms with van der Waals surface area (Å²) < 4.78 is 7.29. The highest BCUT2D eigenvalue weighted by molar-refractivity contribution is 7.99. The maximum atomic E-state index is 13.3. The van der Waals surface area contributed by atoms with E-state index in [9.17, 15) is 4.79 Å². The molecule has 0 saturated carbocycles. The largest absolute Gasteiger partial charge is 0.497 e. The Morgan fingerprint density at radius 3 is 2.63 bits per heavy atom. The van der Waals surface area contributed by atoms with Crippen LogP contribution < -0.4 is 4.74 Å². The van der Waals surface area contributed by atoms with Gasteiger partial charge in [0.25, 0.3) is 0 Å². The number of benzene rings is 2. The van der Waals surface area contributed by atoms with Crippen LogP contribution in [-0.4, -0.2) is 50.5 Å². The molecule has 2 aromatic heterocycles. The van der Waals surface area contributed by atoms with Crippen LogP contribution in [0.15, 0.2) is 78.2 Å². The molecule has 178 valence electrons. The van der Waals surface area contributed by atoms with E-state index in [0.717, 1.165) is 36.3 Å². The smallest absolute Gasteiger partial charge is 0.233 e. The SMILES string of the molecule is COc1ccc(-n2c(SCC(=O)N(C)C3CCCc4ccccc43)nnc2-c2ccncc2)cc1. The first-order valence-electron chi connectivity index (χ1n) is 11.6. The second-order valence-corrected chi connectivity index (χ2v) is 9.42. The molecule has 1 amide bonds. The molecule has 8 heteroatoms. The van der Waals surface area contributed by atoms with E-state index < -0.39 is 0 Å². The van der Waals surface area contributed by atoms with Crippen molar-refractivity contribution in [1.29, 1.82) is 0 Å². The third-order valence-corrected chi connectivity index (χ3v) is 7.34. The van der Waals surface area contributed by atoms with Gasteiger partial charge in [0.2, 0.25) is 5.91 Å². The topological polar surface area (TPSA) is 73.1 Å². The average molecular weight is 486 g/mol. The summed E-state index contributed by atoms with van der Waals surface area (Å²) in [5, 5.41) is 9.56. The van der Waals surface area contributed by atoms with E-state index in [0.29, 0.717) is 11.0 Å². The summed E-state index contributed by atoms with van der Waals surface area (Å²) in [4.78, 5) is 19.3. The quantitative estimate of drug-likeness (QED) is 0.344. The molecule has 1 atom stereocenters. The minimum atomic E-state index is 0.0754. The van der Waals surface area contributed by atoms with Crippen LogP contribution in [0.3, 0.4) is 0 Å². The van der Waals surface area contributed by atoms with E-state index in [1.54, 1.807) is 19.5 Å². The Morgan fingerprint density at radius 2 is 1.86 bits per heavy atom. The Labute approximate surface area is 209 Å². The number of methoxy groups -OCH3 is 1. The highest BCUT2D eigenvalue weighted by Gasteiger charge is 2.27. The number of thioether (sulfide) groups is 1. The minimum Gasteiger partial charge on any atom is -0.497 e. The molecule has 0 spiro atoms. The van der Waals surface area contributed by atoms with Crippen molar-refractivity contribution in [1.82, 2.24) is 24.6 Å². The van der Waals surface area contributed by atoms with Crippen molar-refractivity contribution in [2.24, 2.45) is 0 Å². The first-order valence-corrected chi connectivity index (χ1v) is 12.6. The first kappa shape index (κ1) is 23.1. The van der Waals surface area contributed by atoms with Crippen molar-refractivity contribution in [2.45, 2.75) is 30.5 Å². The van der Waals surface area contributed by atoms with E-state index in [1.807, 2.05) is 52.9 Å². The molecular weight excluding hydrogens is 458 g/mol.